The number of hydrogen-bond donors (Lipinski definition) is 1. The number of rotatable bonds is 8. The molecule has 0 bridgehead atoms. The van der Waals surface area contributed by atoms with Crippen molar-refractivity contribution in [2.24, 2.45) is 0 Å². The summed E-state index contributed by atoms with van der Waals surface area (Å²) in [7, 11) is 3.18. The number of amides is 2. The molecule has 0 radical (unpaired) electrons. The van der Waals surface area contributed by atoms with Crippen LogP contribution in [0.5, 0.6) is 5.75 Å². The van der Waals surface area contributed by atoms with Gasteiger partial charge in [-0.05, 0) is 25.0 Å². The van der Waals surface area contributed by atoms with E-state index in [9.17, 15) is 4.79 Å². The van der Waals surface area contributed by atoms with Crippen molar-refractivity contribution in [2.45, 2.75) is 32.0 Å². The first-order valence-corrected chi connectivity index (χ1v) is 9.30. The molecule has 9 nitrogen and oxygen atoms in total. The van der Waals surface area contributed by atoms with Crippen molar-refractivity contribution in [1.29, 1.82) is 0 Å². The van der Waals surface area contributed by atoms with Crippen LogP contribution in [-0.2, 0) is 22.5 Å². The van der Waals surface area contributed by atoms with Crippen molar-refractivity contribution < 1.29 is 23.5 Å². The molecule has 1 aliphatic rings. The number of hydrogen-bond acceptors (Lipinski definition) is 7. The van der Waals surface area contributed by atoms with Crippen molar-refractivity contribution >= 4 is 11.7 Å². The van der Waals surface area contributed by atoms with E-state index in [4.69, 9.17) is 18.7 Å². The number of carbonyl (C=O) groups is 1. The van der Waals surface area contributed by atoms with Crippen LogP contribution in [0.3, 0.4) is 0 Å². The van der Waals surface area contributed by atoms with Crippen LogP contribution in [0.25, 0.3) is 0 Å². The molecule has 0 aliphatic carbocycles. The molecule has 0 spiro atoms. The van der Waals surface area contributed by atoms with Gasteiger partial charge in [0.1, 0.15) is 12.4 Å². The summed E-state index contributed by atoms with van der Waals surface area (Å²) in [5.41, 5.74) is 0.718. The van der Waals surface area contributed by atoms with Crippen molar-refractivity contribution in [2.75, 3.05) is 39.2 Å². The highest BCUT2D eigenvalue weighted by atomic mass is 16.5. The van der Waals surface area contributed by atoms with Gasteiger partial charge in [-0.25, -0.2) is 4.79 Å². The van der Waals surface area contributed by atoms with E-state index in [2.05, 4.69) is 15.5 Å². The first kappa shape index (κ1) is 20.1. The smallest absolute Gasteiger partial charge is 0.321 e. The number of piperidine rings is 1. The molecule has 0 unspecified atom stereocenters. The Morgan fingerprint density at radius 2 is 2.14 bits per heavy atom. The number of carbonyl (C=O) groups excluding carboxylic acids is 1. The van der Waals surface area contributed by atoms with Crippen LogP contribution in [-0.4, -0.2) is 61.1 Å². The van der Waals surface area contributed by atoms with Crippen LogP contribution in [0, 0.1) is 0 Å². The number of likely N-dealkylation sites (tertiary alicyclic amines) is 1. The second-order valence-corrected chi connectivity index (χ2v) is 6.51. The third-order valence-electron chi connectivity index (χ3n) is 4.51. The third-order valence-corrected chi connectivity index (χ3v) is 4.51. The minimum atomic E-state index is -0.107. The van der Waals surface area contributed by atoms with Crippen LogP contribution < -0.4 is 10.1 Å². The van der Waals surface area contributed by atoms with Gasteiger partial charge in [0, 0.05) is 38.4 Å². The highest BCUT2D eigenvalue weighted by Gasteiger charge is 2.23. The Labute approximate surface area is 163 Å². The summed E-state index contributed by atoms with van der Waals surface area (Å²) in [6.07, 6.45) is 2.31. The predicted molar refractivity (Wildman–Crippen MR) is 101 cm³/mol. The van der Waals surface area contributed by atoms with E-state index in [0.29, 0.717) is 50.2 Å². The Morgan fingerprint density at radius 1 is 1.32 bits per heavy atom. The summed E-state index contributed by atoms with van der Waals surface area (Å²) >= 11 is 0. The number of aromatic nitrogens is 2. The normalized spacial score (nSPS) is 14.9. The quantitative estimate of drug-likeness (QED) is 0.739. The SMILES string of the molecule is COCc1nc(CCOC2CCN(C(=O)Nc3cccc(OC)c3)CC2)no1. The molecule has 3 rings (SSSR count). The molecule has 28 heavy (non-hydrogen) atoms. The molecule has 1 aliphatic heterocycles. The van der Waals surface area contributed by atoms with Gasteiger partial charge in [0.05, 0.1) is 19.8 Å². The summed E-state index contributed by atoms with van der Waals surface area (Å²) in [4.78, 5) is 18.4. The van der Waals surface area contributed by atoms with Gasteiger partial charge >= 0.3 is 6.03 Å². The van der Waals surface area contributed by atoms with E-state index >= 15 is 0 Å². The number of anilines is 1. The molecular formula is C19H26N4O5. The molecule has 0 saturated carbocycles. The first-order chi connectivity index (χ1) is 13.7. The fourth-order valence-corrected chi connectivity index (χ4v) is 3.02. The highest BCUT2D eigenvalue weighted by molar-refractivity contribution is 5.89. The van der Waals surface area contributed by atoms with Crippen molar-refractivity contribution in [1.82, 2.24) is 15.0 Å². The standard InChI is InChI=1S/C19H26N4O5/c1-25-13-18-21-17(22-28-18)8-11-27-15-6-9-23(10-7-15)19(24)20-14-4-3-5-16(12-14)26-2/h3-5,12,15H,6-11,13H2,1-2H3,(H,20,24). The van der Waals surface area contributed by atoms with Crippen molar-refractivity contribution in [3.8, 4) is 5.75 Å². The topological polar surface area (TPSA) is 99.0 Å². The second-order valence-electron chi connectivity index (χ2n) is 6.51. The van der Waals surface area contributed by atoms with Gasteiger partial charge in [-0.3, -0.25) is 0 Å². The lowest BCUT2D eigenvalue weighted by molar-refractivity contribution is 0.0168. The zero-order valence-corrected chi connectivity index (χ0v) is 16.2. The molecule has 1 aromatic heterocycles. The molecular weight excluding hydrogens is 364 g/mol. The first-order valence-electron chi connectivity index (χ1n) is 9.30. The predicted octanol–water partition coefficient (Wildman–Crippen LogP) is 2.48. The Balaban J connectivity index is 1.37. The van der Waals surface area contributed by atoms with E-state index < -0.39 is 0 Å². The summed E-state index contributed by atoms with van der Waals surface area (Å²) in [5.74, 6) is 1.79. The molecule has 2 aromatic rings. The fraction of sp³-hybridized carbons (Fsp3) is 0.526. The molecule has 9 heteroatoms. The Morgan fingerprint density at radius 3 is 2.89 bits per heavy atom. The summed E-state index contributed by atoms with van der Waals surface area (Å²) in [6, 6.07) is 7.21. The van der Waals surface area contributed by atoms with Crippen LogP contribution in [0.1, 0.15) is 24.6 Å². The van der Waals surface area contributed by atoms with Crippen LogP contribution >= 0.6 is 0 Å². The minimum absolute atomic E-state index is 0.107. The lowest BCUT2D eigenvalue weighted by Gasteiger charge is -2.32. The number of ether oxygens (including phenoxy) is 3. The number of nitrogens with zero attached hydrogens (tertiary/aromatic N) is 3. The maximum atomic E-state index is 12.4. The lowest BCUT2D eigenvalue weighted by Crippen LogP contribution is -2.43. The van der Waals surface area contributed by atoms with Gasteiger partial charge in [-0.15, -0.1) is 0 Å². The molecule has 1 N–H and O–H groups in total. The Bertz CT molecular complexity index is 758. The van der Waals surface area contributed by atoms with E-state index in [1.807, 2.05) is 18.2 Å². The molecule has 2 amide bonds. The molecule has 0 atom stereocenters. The van der Waals surface area contributed by atoms with Crippen LogP contribution in [0.4, 0.5) is 10.5 Å². The lowest BCUT2D eigenvalue weighted by atomic mass is 10.1. The summed E-state index contributed by atoms with van der Waals surface area (Å²) < 4.78 is 21.1. The van der Waals surface area contributed by atoms with Gasteiger partial charge in [0.2, 0.25) is 0 Å². The molecule has 2 heterocycles. The zero-order chi connectivity index (χ0) is 19.8. The number of urea groups is 1. The molecule has 1 fully saturated rings. The van der Waals surface area contributed by atoms with Crippen LogP contribution in [0.15, 0.2) is 28.8 Å². The molecule has 152 valence electrons. The van der Waals surface area contributed by atoms with Gasteiger partial charge in [0.15, 0.2) is 5.82 Å². The van der Waals surface area contributed by atoms with E-state index in [-0.39, 0.29) is 12.1 Å². The van der Waals surface area contributed by atoms with E-state index in [1.54, 1.807) is 25.2 Å². The summed E-state index contributed by atoms with van der Waals surface area (Å²) in [6.45, 7) is 2.14. The van der Waals surface area contributed by atoms with E-state index in [0.717, 1.165) is 18.5 Å². The number of benzene rings is 1. The van der Waals surface area contributed by atoms with Crippen molar-refractivity contribution in [3.05, 3.63) is 36.0 Å². The highest BCUT2D eigenvalue weighted by Crippen LogP contribution is 2.19. The van der Waals surface area contributed by atoms with Gasteiger partial charge in [0.25, 0.3) is 5.89 Å². The second kappa shape index (κ2) is 10.0. The van der Waals surface area contributed by atoms with Crippen LogP contribution in [0.2, 0.25) is 0 Å². The number of methoxy groups -OCH3 is 2. The molecule has 1 saturated heterocycles. The molecule has 1 aromatic carbocycles. The average Bonchev–Trinajstić information content (AvgIpc) is 3.16. The van der Waals surface area contributed by atoms with Crippen molar-refractivity contribution in [3.63, 3.8) is 0 Å². The zero-order valence-electron chi connectivity index (χ0n) is 16.2. The van der Waals surface area contributed by atoms with Gasteiger partial charge < -0.3 is 29.0 Å². The maximum absolute atomic E-state index is 12.4. The maximum Gasteiger partial charge on any atom is 0.321 e. The van der Waals surface area contributed by atoms with Gasteiger partial charge in [-0.2, -0.15) is 4.98 Å². The monoisotopic (exact) mass is 390 g/mol. The summed E-state index contributed by atoms with van der Waals surface area (Å²) in [5, 5.41) is 6.80. The Kier molecular flexibility index (Phi) is 7.21. The Hall–Kier alpha value is -2.65. The largest absolute Gasteiger partial charge is 0.497 e. The third kappa shape index (κ3) is 5.67. The fourth-order valence-electron chi connectivity index (χ4n) is 3.02. The van der Waals surface area contributed by atoms with Gasteiger partial charge in [-0.1, -0.05) is 11.2 Å². The minimum Gasteiger partial charge on any atom is -0.497 e. The number of nitrogens with one attached hydrogen (secondary N) is 1. The average molecular weight is 390 g/mol. The van der Waals surface area contributed by atoms with E-state index in [1.165, 1.54) is 0 Å².